The fraction of sp³-hybridized carbons (Fsp3) is 0.184. The number of hydrazone groups is 1. The first kappa shape index (κ1) is 48.3. The van der Waals surface area contributed by atoms with Crippen molar-refractivity contribution in [2.75, 3.05) is 31.4 Å². The van der Waals surface area contributed by atoms with E-state index < -0.39 is 93.3 Å². The predicted molar refractivity (Wildman–Crippen MR) is 228 cm³/mol. The Bertz CT molecular complexity index is 3250. The van der Waals surface area contributed by atoms with Gasteiger partial charge in [-0.3, -0.25) is 18.5 Å². The van der Waals surface area contributed by atoms with Gasteiger partial charge >= 0.3 is 5.97 Å². The Morgan fingerprint density at radius 3 is 1.80 bits per heavy atom. The molecule has 6 rings (SSSR count). The molecule has 28 heteroatoms. The number of aliphatic hydroxyl groups excluding tert-OH is 2. The van der Waals surface area contributed by atoms with Crippen LogP contribution in [0.1, 0.15) is 11.1 Å². The Kier molecular flexibility index (Phi) is 14.0. The number of aliphatic hydroxyl groups is 2. The molecule has 1 aliphatic rings. The van der Waals surface area contributed by atoms with E-state index in [0.717, 1.165) is 42.5 Å². The zero-order valence-corrected chi connectivity index (χ0v) is 36.3. The number of phenols is 1. The van der Waals surface area contributed by atoms with Crippen LogP contribution in [0.15, 0.2) is 123 Å². The molecule has 25 nitrogen and oxygen atoms in total. The van der Waals surface area contributed by atoms with Gasteiger partial charge in [-0.15, -0.1) is 20.5 Å². The van der Waals surface area contributed by atoms with E-state index in [1.165, 1.54) is 30.3 Å². The highest BCUT2D eigenvalue weighted by Crippen LogP contribution is 2.45. The van der Waals surface area contributed by atoms with Crippen molar-refractivity contribution in [2.24, 2.45) is 35.8 Å². The van der Waals surface area contributed by atoms with Crippen LogP contribution in [0, 0.1) is 13.8 Å². The number of aliphatic carboxylic acids is 1. The van der Waals surface area contributed by atoms with E-state index in [4.69, 9.17) is 9.47 Å². The Morgan fingerprint density at radius 2 is 1.26 bits per heavy atom. The van der Waals surface area contributed by atoms with Gasteiger partial charge in [0.15, 0.2) is 11.5 Å². The van der Waals surface area contributed by atoms with Crippen LogP contribution in [0.5, 0.6) is 17.2 Å². The smallest absolute Gasteiger partial charge is 0.355 e. The second-order valence-electron chi connectivity index (χ2n) is 13.7. The van der Waals surface area contributed by atoms with Crippen LogP contribution in [0.2, 0.25) is 0 Å². The summed E-state index contributed by atoms with van der Waals surface area (Å²) < 4.78 is 113. The van der Waals surface area contributed by atoms with E-state index in [9.17, 15) is 68.9 Å². The number of nitrogens with zero attached hydrogens (tertiary/aromatic N) is 8. The van der Waals surface area contributed by atoms with Gasteiger partial charge in [0.05, 0.1) is 29.5 Å². The topological polar surface area (TPSA) is 386 Å². The lowest BCUT2D eigenvalue weighted by atomic mass is 10.1. The third-order valence-corrected chi connectivity index (χ3v) is 11.8. The first-order valence-corrected chi connectivity index (χ1v) is 22.8. The van der Waals surface area contributed by atoms with E-state index >= 15 is 0 Å². The monoisotopic (exact) mass is 970 g/mol. The number of carboxylic acid groups (broad SMARTS) is 1. The van der Waals surface area contributed by atoms with Gasteiger partial charge in [-0.25, -0.2) is 4.79 Å². The molecule has 1 unspecified atom stereocenters. The standard InChI is InChI=1S/C38H34N8O17S3/c1-19-13-28(31(14-20(19)2)65(56,57)58)42-40-26-17-30(63-12-10-48)27(18-29(26)62-11-9-47)41-43-33-32(66(59,60)61)16-21-15-22(3-8-25(21)36(33)49)39-44-34-35(38(51)52)45-46(37(34)50)23-4-6-24(7-5-23)64(53,54)55/h3-8,13-18,34,47-49H,9-12H2,1-2H3,(H,51,52)(H,53,54,55)(H,56,57,58)(H,59,60,61)/b42-40+,43-41+,44-39+. The average molecular weight is 971 g/mol. The molecule has 0 fully saturated rings. The lowest BCUT2D eigenvalue weighted by Crippen LogP contribution is -2.33. The molecule has 5 aromatic rings. The molecular weight excluding hydrogens is 937 g/mol. The third kappa shape index (κ3) is 10.7. The maximum Gasteiger partial charge on any atom is 0.355 e. The fourth-order valence-corrected chi connectivity index (χ4v) is 7.81. The Labute approximate surface area is 373 Å². The minimum absolute atomic E-state index is 0.0772. The van der Waals surface area contributed by atoms with Gasteiger partial charge < -0.3 is 29.9 Å². The summed E-state index contributed by atoms with van der Waals surface area (Å²) >= 11 is 0. The highest BCUT2D eigenvalue weighted by Gasteiger charge is 2.41. The summed E-state index contributed by atoms with van der Waals surface area (Å²) in [4.78, 5) is 23.2. The number of fused-ring (bicyclic) bond motifs is 1. The number of ether oxygens (including phenoxy) is 2. The van der Waals surface area contributed by atoms with E-state index in [1.54, 1.807) is 13.8 Å². The normalized spacial score (nSPS) is 14.8. The average Bonchev–Trinajstić information content (AvgIpc) is 3.58. The maximum atomic E-state index is 13.2. The van der Waals surface area contributed by atoms with Crippen LogP contribution in [-0.2, 0) is 39.9 Å². The lowest BCUT2D eigenvalue weighted by molar-refractivity contribution is -0.130. The highest BCUT2D eigenvalue weighted by atomic mass is 32.2. The van der Waals surface area contributed by atoms with Crippen molar-refractivity contribution >= 4 is 92.8 Å². The number of benzene rings is 5. The summed E-state index contributed by atoms with van der Waals surface area (Å²) in [5, 5.41) is 68.0. The summed E-state index contributed by atoms with van der Waals surface area (Å²) in [5.41, 5.74) is -1.27. The van der Waals surface area contributed by atoms with Crippen LogP contribution >= 0.6 is 0 Å². The fourth-order valence-electron chi connectivity index (χ4n) is 5.98. The van der Waals surface area contributed by atoms with E-state index in [1.807, 2.05) is 0 Å². The van der Waals surface area contributed by atoms with Crippen LogP contribution in [0.25, 0.3) is 10.8 Å². The van der Waals surface area contributed by atoms with Crippen molar-refractivity contribution in [3.05, 3.63) is 83.9 Å². The number of carbonyl (C=O) groups excluding carboxylic acids is 1. The Morgan fingerprint density at radius 1 is 0.697 bits per heavy atom. The molecule has 0 radical (unpaired) electrons. The minimum Gasteiger partial charge on any atom is -0.505 e. The van der Waals surface area contributed by atoms with Crippen LogP contribution in [-0.4, -0.2) is 109 Å². The molecule has 1 heterocycles. The number of amides is 1. The van der Waals surface area contributed by atoms with Gasteiger partial charge in [0.2, 0.25) is 6.04 Å². The van der Waals surface area contributed by atoms with Gasteiger partial charge in [-0.05, 0) is 91.0 Å². The molecule has 66 heavy (non-hydrogen) atoms. The molecule has 1 aliphatic heterocycles. The zero-order chi connectivity index (χ0) is 48.3. The number of aromatic hydroxyl groups is 1. The van der Waals surface area contributed by atoms with Crippen molar-refractivity contribution in [3.8, 4) is 17.2 Å². The van der Waals surface area contributed by atoms with Gasteiger partial charge in [-0.1, -0.05) is 0 Å². The summed E-state index contributed by atoms with van der Waals surface area (Å²) in [5.74, 6) is -3.87. The summed E-state index contributed by atoms with van der Waals surface area (Å²) in [6, 6.07) is 11.6. The number of carbonyl (C=O) groups is 2. The van der Waals surface area contributed by atoms with Crippen LogP contribution < -0.4 is 14.5 Å². The molecule has 5 aromatic carbocycles. The first-order valence-electron chi connectivity index (χ1n) is 18.5. The minimum atomic E-state index is -5.21. The quantitative estimate of drug-likeness (QED) is 0.0452. The number of rotatable bonds is 17. The van der Waals surface area contributed by atoms with Crippen molar-refractivity contribution < 1.29 is 78.4 Å². The molecule has 0 bridgehead atoms. The van der Waals surface area contributed by atoms with Crippen molar-refractivity contribution in [3.63, 3.8) is 0 Å². The third-order valence-electron chi connectivity index (χ3n) is 9.22. The Hall–Kier alpha value is -7.18. The van der Waals surface area contributed by atoms with Gasteiger partial charge in [-0.2, -0.15) is 45.6 Å². The van der Waals surface area contributed by atoms with Crippen LogP contribution in [0.3, 0.4) is 0 Å². The molecule has 1 atom stereocenters. The van der Waals surface area contributed by atoms with Crippen molar-refractivity contribution in [1.29, 1.82) is 0 Å². The number of phenolic OH excluding ortho intramolecular Hbond substituents is 1. The van der Waals surface area contributed by atoms with E-state index in [2.05, 4.69) is 35.8 Å². The zero-order valence-electron chi connectivity index (χ0n) is 33.8. The molecule has 346 valence electrons. The SMILES string of the molecule is Cc1cc(/N=N/c2cc(OCCO)c(/N=N/c3c(S(=O)(=O)O)cc4cc(/N=N/C5C(=O)N(c6ccc(S(=O)(=O)O)cc6)N=C5C(=O)O)ccc4c3O)cc2OCCO)c(S(=O)(=O)O)cc1C. The molecule has 0 saturated carbocycles. The molecular formula is C38H34N8O17S3. The second-order valence-corrected chi connectivity index (χ2v) is 17.9. The number of carboxylic acids is 1. The second kappa shape index (κ2) is 19.1. The number of hydrogen-bond donors (Lipinski definition) is 7. The van der Waals surface area contributed by atoms with Crippen molar-refractivity contribution in [1.82, 2.24) is 0 Å². The number of azo groups is 3. The lowest BCUT2D eigenvalue weighted by Gasteiger charge is -2.13. The largest absolute Gasteiger partial charge is 0.505 e. The van der Waals surface area contributed by atoms with Crippen LogP contribution in [0.4, 0.5) is 34.1 Å². The van der Waals surface area contributed by atoms with Gasteiger partial charge in [0.25, 0.3) is 36.3 Å². The Balaban J connectivity index is 1.37. The highest BCUT2D eigenvalue weighted by molar-refractivity contribution is 7.86. The summed E-state index contributed by atoms with van der Waals surface area (Å²) in [7, 11) is -14.6. The van der Waals surface area contributed by atoms with E-state index in [-0.39, 0.29) is 63.9 Å². The van der Waals surface area contributed by atoms with Crippen molar-refractivity contribution in [2.45, 2.75) is 34.6 Å². The molecule has 1 amide bonds. The molecule has 7 N–H and O–H groups in total. The number of anilines is 1. The maximum absolute atomic E-state index is 13.2. The van der Waals surface area contributed by atoms with E-state index in [0.29, 0.717) is 16.1 Å². The first-order chi connectivity index (χ1) is 31.0. The number of aryl methyl sites for hydroxylation is 2. The summed E-state index contributed by atoms with van der Waals surface area (Å²) in [6.45, 7) is 1.59. The number of hydrogen-bond acceptors (Lipinski definition) is 20. The molecule has 0 spiro atoms. The summed E-state index contributed by atoms with van der Waals surface area (Å²) in [6.07, 6.45) is 0. The molecule has 0 aromatic heterocycles. The van der Waals surface area contributed by atoms with Gasteiger partial charge in [0.1, 0.15) is 57.3 Å². The van der Waals surface area contributed by atoms with Gasteiger partial charge in [0, 0.05) is 17.5 Å². The molecule has 0 saturated heterocycles. The molecule has 0 aliphatic carbocycles. The predicted octanol–water partition coefficient (Wildman–Crippen LogP) is 5.42.